The number of carbonyl (C=O) groups excluding carboxylic acids is 1. The first-order valence-corrected chi connectivity index (χ1v) is 7.53. The lowest BCUT2D eigenvalue weighted by Gasteiger charge is -2.38. The van der Waals surface area contributed by atoms with Gasteiger partial charge in [-0.2, -0.15) is 5.10 Å². The number of ether oxygens (including phenoxy) is 1. The highest BCUT2D eigenvalue weighted by Crippen LogP contribution is 2.40. The van der Waals surface area contributed by atoms with E-state index in [4.69, 9.17) is 16.3 Å². The summed E-state index contributed by atoms with van der Waals surface area (Å²) in [4.78, 5) is 23.2. The Kier molecular flexibility index (Phi) is 4.71. The number of piperidine rings is 1. The van der Waals surface area contributed by atoms with Crippen LogP contribution in [0.5, 0.6) is 0 Å². The maximum absolute atomic E-state index is 14.3. The lowest BCUT2D eigenvalue weighted by atomic mass is 10.0. The highest BCUT2D eigenvalue weighted by atomic mass is 35.5. The Morgan fingerprint density at radius 2 is 2.17 bits per heavy atom. The molecule has 134 valence electrons. The van der Waals surface area contributed by atoms with Crippen LogP contribution in [0.1, 0.15) is 33.2 Å². The normalized spacial score (nSPS) is 20.8. The molecule has 0 aromatic carbocycles. The minimum absolute atomic E-state index is 0.195. The van der Waals surface area contributed by atoms with E-state index in [1.807, 2.05) is 0 Å². The van der Waals surface area contributed by atoms with E-state index in [1.54, 1.807) is 20.8 Å². The minimum Gasteiger partial charge on any atom is -0.444 e. The van der Waals surface area contributed by atoms with Gasteiger partial charge in [0, 0.05) is 13.0 Å². The molecule has 1 aliphatic heterocycles. The highest BCUT2D eigenvalue weighted by Gasteiger charge is 2.48. The van der Waals surface area contributed by atoms with E-state index in [1.165, 1.54) is 0 Å². The molecule has 0 N–H and O–H groups in total. The third kappa shape index (κ3) is 3.74. The van der Waals surface area contributed by atoms with Crippen LogP contribution in [-0.2, 0) is 4.74 Å². The van der Waals surface area contributed by atoms with Crippen molar-refractivity contribution in [1.82, 2.24) is 14.7 Å². The molecule has 24 heavy (non-hydrogen) atoms. The summed E-state index contributed by atoms with van der Waals surface area (Å²) in [6.07, 6.45) is -0.549. The van der Waals surface area contributed by atoms with Crippen LogP contribution in [0.15, 0.2) is 6.20 Å². The number of aromatic nitrogens is 2. The summed E-state index contributed by atoms with van der Waals surface area (Å²) >= 11 is 5.80. The second kappa shape index (κ2) is 6.15. The van der Waals surface area contributed by atoms with Crippen LogP contribution in [0.3, 0.4) is 0 Å². The molecule has 1 saturated heterocycles. The highest BCUT2D eigenvalue weighted by molar-refractivity contribution is 6.31. The molecule has 2 heterocycles. The number of likely N-dealkylation sites (tertiary alicyclic amines) is 1. The van der Waals surface area contributed by atoms with Gasteiger partial charge in [0.05, 0.1) is 11.5 Å². The van der Waals surface area contributed by atoms with Crippen molar-refractivity contribution in [2.45, 2.75) is 44.8 Å². The topological polar surface area (TPSA) is 90.5 Å². The Hall–Kier alpha value is -1.97. The molecule has 0 bridgehead atoms. The Morgan fingerprint density at radius 1 is 1.54 bits per heavy atom. The van der Waals surface area contributed by atoms with Crippen LogP contribution in [0.4, 0.5) is 19.3 Å². The number of hydrogen-bond acceptors (Lipinski definition) is 5. The SMILES string of the molecule is CC(C)(C)OC(=O)N1CCC(F)(F)C(n2ncc([N+](=O)[O-])c2Cl)C1. The minimum atomic E-state index is -3.22. The molecule has 0 aliphatic carbocycles. The van der Waals surface area contributed by atoms with Crippen molar-refractivity contribution in [3.8, 4) is 0 Å². The third-order valence-electron chi connectivity index (χ3n) is 3.46. The maximum Gasteiger partial charge on any atom is 0.410 e. The molecule has 0 radical (unpaired) electrons. The first-order chi connectivity index (χ1) is 10.9. The first kappa shape index (κ1) is 18.4. The lowest BCUT2D eigenvalue weighted by Crippen LogP contribution is -2.51. The van der Waals surface area contributed by atoms with Crippen molar-refractivity contribution in [2.24, 2.45) is 0 Å². The summed E-state index contributed by atoms with van der Waals surface area (Å²) in [5.41, 5.74) is -1.34. The second-order valence-electron chi connectivity index (χ2n) is 6.48. The summed E-state index contributed by atoms with van der Waals surface area (Å²) in [6.45, 7) is 4.37. The predicted molar refractivity (Wildman–Crippen MR) is 80.3 cm³/mol. The van der Waals surface area contributed by atoms with Gasteiger partial charge in [-0.1, -0.05) is 11.6 Å². The van der Waals surface area contributed by atoms with Crippen molar-refractivity contribution >= 4 is 23.4 Å². The van der Waals surface area contributed by atoms with Gasteiger partial charge in [0.1, 0.15) is 17.8 Å². The summed E-state index contributed by atoms with van der Waals surface area (Å²) in [7, 11) is 0. The molecular formula is C13H17ClF2N4O4. The van der Waals surface area contributed by atoms with Gasteiger partial charge in [0.15, 0.2) is 0 Å². The van der Waals surface area contributed by atoms with Gasteiger partial charge < -0.3 is 9.64 Å². The van der Waals surface area contributed by atoms with E-state index in [0.717, 1.165) is 11.1 Å². The molecule has 1 amide bonds. The molecule has 1 unspecified atom stereocenters. The fraction of sp³-hybridized carbons (Fsp3) is 0.692. The third-order valence-corrected chi connectivity index (χ3v) is 3.82. The fourth-order valence-corrected chi connectivity index (χ4v) is 2.59. The predicted octanol–water partition coefficient (Wildman–Crippen LogP) is 3.26. The van der Waals surface area contributed by atoms with Crippen molar-refractivity contribution in [3.63, 3.8) is 0 Å². The second-order valence-corrected chi connectivity index (χ2v) is 6.83. The Labute approximate surface area is 141 Å². The fourth-order valence-electron chi connectivity index (χ4n) is 2.31. The molecular weight excluding hydrogens is 350 g/mol. The zero-order chi connectivity index (χ0) is 18.3. The van der Waals surface area contributed by atoms with Gasteiger partial charge in [0.25, 0.3) is 5.92 Å². The molecule has 8 nitrogen and oxygen atoms in total. The van der Waals surface area contributed by atoms with Gasteiger partial charge in [0.2, 0.25) is 5.15 Å². The van der Waals surface area contributed by atoms with Crippen LogP contribution in [0.25, 0.3) is 0 Å². The molecule has 2 rings (SSSR count). The zero-order valence-corrected chi connectivity index (χ0v) is 14.1. The average Bonchev–Trinajstić information content (AvgIpc) is 2.78. The van der Waals surface area contributed by atoms with Crippen molar-refractivity contribution in [2.75, 3.05) is 13.1 Å². The number of hydrogen-bond donors (Lipinski definition) is 0. The van der Waals surface area contributed by atoms with Crippen LogP contribution in [-0.4, -0.2) is 50.3 Å². The van der Waals surface area contributed by atoms with E-state index in [9.17, 15) is 23.7 Å². The van der Waals surface area contributed by atoms with Crippen molar-refractivity contribution < 1.29 is 23.2 Å². The summed E-state index contributed by atoms with van der Waals surface area (Å²) in [5.74, 6) is -3.22. The van der Waals surface area contributed by atoms with Gasteiger partial charge in [-0.05, 0) is 20.8 Å². The van der Waals surface area contributed by atoms with Gasteiger partial charge in [-0.3, -0.25) is 10.1 Å². The number of nitro groups is 1. The molecule has 1 aromatic rings. The summed E-state index contributed by atoms with van der Waals surface area (Å²) < 4.78 is 34.4. The monoisotopic (exact) mass is 366 g/mol. The molecule has 0 saturated carbocycles. The van der Waals surface area contributed by atoms with Crippen LogP contribution in [0, 0.1) is 10.1 Å². The van der Waals surface area contributed by atoms with Crippen LogP contribution in [0.2, 0.25) is 5.15 Å². The molecule has 11 heteroatoms. The lowest BCUT2D eigenvalue weighted by molar-refractivity contribution is -0.384. The molecule has 1 aromatic heterocycles. The van der Waals surface area contributed by atoms with Gasteiger partial charge in [-0.25, -0.2) is 18.3 Å². The van der Waals surface area contributed by atoms with E-state index >= 15 is 0 Å². The van der Waals surface area contributed by atoms with Crippen molar-refractivity contribution in [3.05, 3.63) is 21.5 Å². The molecule has 1 aliphatic rings. The number of amides is 1. The Bertz CT molecular complexity index is 659. The quantitative estimate of drug-likeness (QED) is 0.592. The number of rotatable bonds is 2. The van der Waals surface area contributed by atoms with Crippen LogP contribution >= 0.6 is 11.6 Å². The Balaban J connectivity index is 2.27. The maximum atomic E-state index is 14.3. The number of halogens is 3. The Morgan fingerprint density at radius 3 is 2.67 bits per heavy atom. The van der Waals surface area contributed by atoms with Gasteiger partial charge >= 0.3 is 11.8 Å². The smallest absolute Gasteiger partial charge is 0.410 e. The zero-order valence-electron chi connectivity index (χ0n) is 13.3. The average molecular weight is 367 g/mol. The van der Waals surface area contributed by atoms with E-state index < -0.39 is 52.4 Å². The standard InChI is InChI=1S/C13H17ClF2N4O4/c1-12(2,3)24-11(21)18-5-4-13(15,16)9(7-18)19-10(14)8(6-17-19)20(22)23/h6,9H,4-5,7H2,1-3H3. The number of alkyl halides is 2. The summed E-state index contributed by atoms with van der Waals surface area (Å²) in [6, 6.07) is -1.61. The first-order valence-electron chi connectivity index (χ1n) is 7.15. The molecule has 1 fully saturated rings. The van der Waals surface area contributed by atoms with Crippen LogP contribution < -0.4 is 0 Å². The van der Waals surface area contributed by atoms with E-state index in [0.29, 0.717) is 4.68 Å². The number of nitrogens with zero attached hydrogens (tertiary/aromatic N) is 4. The molecule has 1 atom stereocenters. The largest absolute Gasteiger partial charge is 0.444 e. The van der Waals surface area contributed by atoms with E-state index in [2.05, 4.69) is 5.10 Å². The summed E-state index contributed by atoms with van der Waals surface area (Å²) in [5, 5.41) is 13.9. The van der Waals surface area contributed by atoms with Crippen molar-refractivity contribution in [1.29, 1.82) is 0 Å². The molecule has 0 spiro atoms. The van der Waals surface area contributed by atoms with E-state index in [-0.39, 0.29) is 6.54 Å². The van der Waals surface area contributed by atoms with Gasteiger partial charge in [-0.15, -0.1) is 0 Å². The number of carbonyl (C=O) groups is 1.